The number of benzene rings is 3. The molecule has 0 radical (unpaired) electrons. The predicted octanol–water partition coefficient (Wildman–Crippen LogP) is 6.64. The normalized spacial score (nSPS) is 12.7. The second kappa shape index (κ2) is 7.97. The van der Waals surface area contributed by atoms with Crippen LogP contribution in [0, 0.1) is 28.5 Å². The van der Waals surface area contributed by atoms with Crippen LogP contribution in [0.15, 0.2) is 78.9 Å². The zero-order chi connectivity index (χ0) is 20.2. The fourth-order valence-corrected chi connectivity index (χ4v) is 3.71. The van der Waals surface area contributed by atoms with Gasteiger partial charge in [-0.15, -0.1) is 0 Å². The Morgan fingerprint density at radius 1 is 0.759 bits per heavy atom. The van der Waals surface area contributed by atoms with Crippen molar-refractivity contribution in [1.29, 1.82) is 10.5 Å². The first-order chi connectivity index (χ1) is 14.2. The molecule has 1 aliphatic rings. The molecule has 3 aromatic carbocycles. The highest BCUT2D eigenvalue weighted by molar-refractivity contribution is 5.96. The third kappa shape index (κ3) is 3.47. The van der Waals surface area contributed by atoms with Gasteiger partial charge in [0.2, 0.25) is 0 Å². The van der Waals surface area contributed by atoms with Gasteiger partial charge in [0.15, 0.2) is 0 Å². The summed E-state index contributed by atoms with van der Waals surface area (Å²) in [7, 11) is 0. The second-order valence-corrected chi connectivity index (χ2v) is 6.83. The first-order valence-corrected chi connectivity index (χ1v) is 9.42. The molecule has 0 aromatic heterocycles. The molecule has 3 aromatic rings. The van der Waals surface area contributed by atoms with Gasteiger partial charge in [-0.1, -0.05) is 66.8 Å². The molecule has 0 fully saturated rings. The van der Waals surface area contributed by atoms with Crippen molar-refractivity contribution in [2.45, 2.75) is 12.8 Å². The van der Waals surface area contributed by atoms with E-state index in [9.17, 15) is 14.9 Å². The number of hydrogen-bond acceptors (Lipinski definition) is 2. The summed E-state index contributed by atoms with van der Waals surface area (Å²) in [4.78, 5) is 0. The Morgan fingerprint density at radius 3 is 2.21 bits per heavy atom. The smallest absolute Gasteiger partial charge is 0.141 e. The van der Waals surface area contributed by atoms with Gasteiger partial charge in [0.05, 0.1) is 17.2 Å². The van der Waals surface area contributed by atoms with E-state index in [-0.39, 0.29) is 11.1 Å². The van der Waals surface area contributed by atoms with Crippen LogP contribution in [0.2, 0.25) is 0 Å². The lowest BCUT2D eigenvalue weighted by atomic mass is 9.84. The van der Waals surface area contributed by atoms with E-state index in [2.05, 4.69) is 24.3 Å². The van der Waals surface area contributed by atoms with Crippen LogP contribution in [0.1, 0.15) is 29.5 Å². The van der Waals surface area contributed by atoms with E-state index in [0.717, 1.165) is 40.7 Å². The van der Waals surface area contributed by atoms with Crippen molar-refractivity contribution in [3.05, 3.63) is 101 Å². The van der Waals surface area contributed by atoms with Gasteiger partial charge >= 0.3 is 0 Å². The van der Waals surface area contributed by atoms with Crippen molar-refractivity contribution in [2.24, 2.45) is 0 Å². The van der Waals surface area contributed by atoms with E-state index in [4.69, 9.17) is 0 Å². The van der Waals surface area contributed by atoms with Crippen molar-refractivity contribution < 1.29 is 4.39 Å². The first kappa shape index (κ1) is 18.4. The molecule has 138 valence electrons. The summed E-state index contributed by atoms with van der Waals surface area (Å²) in [6.45, 7) is 0. The lowest BCUT2D eigenvalue weighted by molar-refractivity contribution is 0.624. The lowest BCUT2D eigenvalue weighted by Crippen LogP contribution is -1.98. The van der Waals surface area contributed by atoms with Gasteiger partial charge in [0.25, 0.3) is 0 Å². The topological polar surface area (TPSA) is 47.6 Å². The third-order valence-electron chi connectivity index (χ3n) is 5.07. The summed E-state index contributed by atoms with van der Waals surface area (Å²) in [5.74, 6) is -0.622. The Morgan fingerprint density at radius 2 is 1.52 bits per heavy atom. The van der Waals surface area contributed by atoms with E-state index in [1.54, 1.807) is 0 Å². The fourth-order valence-electron chi connectivity index (χ4n) is 3.71. The minimum Gasteiger partial charge on any atom is -0.206 e. The van der Waals surface area contributed by atoms with Gasteiger partial charge < -0.3 is 0 Å². The number of allylic oxidation sites excluding steroid dienone is 4. The van der Waals surface area contributed by atoms with Crippen LogP contribution in [0.5, 0.6) is 0 Å². The number of rotatable bonds is 3. The maximum atomic E-state index is 14.6. The van der Waals surface area contributed by atoms with Crippen LogP contribution in [0.4, 0.5) is 4.39 Å². The third-order valence-corrected chi connectivity index (χ3v) is 5.07. The molecule has 0 saturated heterocycles. The van der Waals surface area contributed by atoms with Crippen LogP contribution in [-0.4, -0.2) is 0 Å². The van der Waals surface area contributed by atoms with Crippen LogP contribution in [-0.2, 0) is 0 Å². The van der Waals surface area contributed by atoms with Crippen LogP contribution in [0.3, 0.4) is 0 Å². The summed E-state index contributed by atoms with van der Waals surface area (Å²) < 4.78 is 14.6. The minimum atomic E-state index is -0.622. The maximum Gasteiger partial charge on any atom is 0.141 e. The number of hydrogen-bond donors (Lipinski definition) is 0. The Hall–Kier alpha value is -3.95. The van der Waals surface area contributed by atoms with Gasteiger partial charge in [-0.2, -0.15) is 10.5 Å². The van der Waals surface area contributed by atoms with E-state index < -0.39 is 5.82 Å². The van der Waals surface area contributed by atoms with Crippen molar-refractivity contribution in [2.75, 3.05) is 0 Å². The van der Waals surface area contributed by atoms with Crippen molar-refractivity contribution in [3.8, 4) is 34.4 Å². The molecule has 4 rings (SSSR count). The first-order valence-electron chi connectivity index (χ1n) is 9.42. The SMILES string of the molecule is N#Cc1cc(C#N)c(-c2c(C3=CCCC=C3)cccc2-c2ccccc2)cc1F. The van der Waals surface area contributed by atoms with Crippen molar-refractivity contribution in [1.82, 2.24) is 0 Å². The van der Waals surface area contributed by atoms with E-state index in [1.807, 2.05) is 54.6 Å². The summed E-state index contributed by atoms with van der Waals surface area (Å²) >= 11 is 0. The Balaban J connectivity index is 2.08. The number of halogens is 1. The molecule has 0 unspecified atom stereocenters. The van der Waals surface area contributed by atoms with Crippen molar-refractivity contribution in [3.63, 3.8) is 0 Å². The molecule has 0 N–H and O–H groups in total. The lowest BCUT2D eigenvalue weighted by Gasteiger charge is -2.19. The van der Waals surface area contributed by atoms with Crippen LogP contribution in [0.25, 0.3) is 27.8 Å². The van der Waals surface area contributed by atoms with Crippen LogP contribution >= 0.6 is 0 Å². The Bertz CT molecular complexity index is 1220. The molecule has 0 atom stereocenters. The summed E-state index contributed by atoms with van der Waals surface area (Å²) in [6.07, 6.45) is 8.29. The zero-order valence-corrected chi connectivity index (χ0v) is 15.7. The molecular weight excluding hydrogens is 359 g/mol. The molecule has 29 heavy (non-hydrogen) atoms. The van der Waals surface area contributed by atoms with Gasteiger partial charge in [-0.3, -0.25) is 0 Å². The Labute approximate surface area is 169 Å². The summed E-state index contributed by atoms with van der Waals surface area (Å²) in [5, 5.41) is 18.9. The van der Waals surface area contributed by atoms with E-state index in [0.29, 0.717) is 5.56 Å². The minimum absolute atomic E-state index is 0.124. The largest absolute Gasteiger partial charge is 0.206 e. The van der Waals surface area contributed by atoms with Gasteiger partial charge in [-0.25, -0.2) is 4.39 Å². The summed E-state index contributed by atoms with van der Waals surface area (Å²) in [5.41, 5.74) is 5.37. The molecule has 3 heteroatoms. The molecule has 1 aliphatic carbocycles. The summed E-state index contributed by atoms with van der Waals surface area (Å²) in [6, 6.07) is 22.4. The van der Waals surface area contributed by atoms with E-state index >= 15 is 0 Å². The van der Waals surface area contributed by atoms with E-state index in [1.165, 1.54) is 12.1 Å². The molecule has 2 nitrogen and oxygen atoms in total. The molecule has 0 bridgehead atoms. The molecule has 0 saturated carbocycles. The average molecular weight is 376 g/mol. The highest BCUT2D eigenvalue weighted by atomic mass is 19.1. The molecule has 0 aliphatic heterocycles. The monoisotopic (exact) mass is 376 g/mol. The van der Waals surface area contributed by atoms with Gasteiger partial charge in [0, 0.05) is 5.56 Å². The zero-order valence-electron chi connectivity index (χ0n) is 15.7. The highest BCUT2D eigenvalue weighted by Gasteiger charge is 2.20. The Kier molecular flexibility index (Phi) is 5.06. The maximum absolute atomic E-state index is 14.6. The average Bonchev–Trinajstić information content (AvgIpc) is 2.79. The standard InChI is InChI=1S/C26H17FN2/c27-25-15-24(20(16-28)14-21(25)17-29)26-22(18-8-3-1-4-9-18)12-7-13-23(26)19-10-5-2-6-11-19/h1,3-5,7-15H,2,6H2. The molecule has 0 amide bonds. The number of nitrogens with zero attached hydrogens (tertiary/aromatic N) is 2. The van der Waals surface area contributed by atoms with Gasteiger partial charge in [0.1, 0.15) is 11.9 Å². The second-order valence-electron chi connectivity index (χ2n) is 6.83. The number of nitriles is 2. The predicted molar refractivity (Wildman–Crippen MR) is 113 cm³/mol. The molecule has 0 spiro atoms. The molecular formula is C26H17FN2. The molecule has 0 heterocycles. The van der Waals surface area contributed by atoms with Crippen LogP contribution < -0.4 is 0 Å². The van der Waals surface area contributed by atoms with Gasteiger partial charge in [-0.05, 0) is 52.8 Å². The fraction of sp³-hybridized carbons (Fsp3) is 0.0769. The quantitative estimate of drug-likeness (QED) is 0.514. The highest BCUT2D eigenvalue weighted by Crippen LogP contribution is 2.41. The van der Waals surface area contributed by atoms with Crippen molar-refractivity contribution >= 4 is 5.57 Å².